The lowest BCUT2D eigenvalue weighted by molar-refractivity contribution is -0.147. The van der Waals surface area contributed by atoms with Crippen molar-refractivity contribution in [1.29, 1.82) is 0 Å². The summed E-state index contributed by atoms with van der Waals surface area (Å²) in [6, 6.07) is 1.40. The molecule has 1 aromatic rings. The monoisotopic (exact) mass is 245 g/mol. The number of likely N-dealkylation sites (N-methyl/N-ethyl adjacent to an activating group) is 1. The largest absolute Gasteiger partial charge is 0.480 e. The first-order chi connectivity index (χ1) is 7.28. The van der Waals surface area contributed by atoms with Crippen LogP contribution in [-0.2, 0) is 4.79 Å². The molecular weight excluding hydrogens is 234 g/mol. The van der Waals surface area contributed by atoms with Gasteiger partial charge in [-0.05, 0) is 31.5 Å². The van der Waals surface area contributed by atoms with Gasteiger partial charge in [0.05, 0.1) is 11.8 Å². The Morgan fingerprint density at radius 2 is 2.06 bits per heavy atom. The van der Waals surface area contributed by atoms with Gasteiger partial charge < -0.3 is 14.4 Å². The van der Waals surface area contributed by atoms with E-state index in [9.17, 15) is 9.59 Å². The van der Waals surface area contributed by atoms with Crippen molar-refractivity contribution in [2.75, 3.05) is 7.05 Å². The molecule has 1 N–H and O–H groups in total. The number of rotatable bonds is 3. The van der Waals surface area contributed by atoms with Crippen LogP contribution in [0.5, 0.6) is 0 Å². The van der Waals surface area contributed by atoms with Crippen LogP contribution in [0.25, 0.3) is 0 Å². The van der Waals surface area contributed by atoms with Crippen LogP contribution in [0.4, 0.5) is 0 Å². The van der Waals surface area contributed by atoms with Crippen LogP contribution < -0.4 is 0 Å². The van der Waals surface area contributed by atoms with Crippen molar-refractivity contribution in [3.8, 4) is 0 Å². The smallest absolute Gasteiger partial charge is 0.329 e. The van der Waals surface area contributed by atoms with Crippen molar-refractivity contribution < 1.29 is 19.1 Å². The first-order valence-corrected chi connectivity index (χ1v) is 4.91. The van der Waals surface area contributed by atoms with E-state index < -0.39 is 17.4 Å². The third-order valence-corrected chi connectivity index (χ3v) is 2.81. The predicted molar refractivity (Wildman–Crippen MR) is 57.5 cm³/mol. The van der Waals surface area contributed by atoms with Gasteiger partial charge >= 0.3 is 5.97 Å². The van der Waals surface area contributed by atoms with Crippen LogP contribution in [-0.4, -0.2) is 34.5 Å². The summed E-state index contributed by atoms with van der Waals surface area (Å²) in [6.45, 7) is 2.86. The Morgan fingerprint density at radius 3 is 2.44 bits per heavy atom. The van der Waals surface area contributed by atoms with E-state index in [1.54, 1.807) is 0 Å². The molecule has 0 aliphatic carbocycles. The number of carboxylic acids is 1. The minimum absolute atomic E-state index is 0.0435. The van der Waals surface area contributed by atoms with Gasteiger partial charge in [-0.2, -0.15) is 0 Å². The van der Waals surface area contributed by atoms with Gasteiger partial charge in [0.15, 0.2) is 0 Å². The van der Waals surface area contributed by atoms with Gasteiger partial charge in [-0.1, -0.05) is 0 Å². The highest BCUT2D eigenvalue weighted by Crippen LogP contribution is 2.22. The summed E-state index contributed by atoms with van der Waals surface area (Å²) >= 11 is 5.65. The van der Waals surface area contributed by atoms with E-state index in [4.69, 9.17) is 21.1 Å². The molecule has 0 atom stereocenters. The molecule has 1 aromatic heterocycles. The van der Waals surface area contributed by atoms with Gasteiger partial charge in [-0.25, -0.2) is 4.79 Å². The zero-order valence-corrected chi connectivity index (χ0v) is 9.91. The average Bonchev–Trinajstić information content (AvgIpc) is 2.61. The van der Waals surface area contributed by atoms with Crippen molar-refractivity contribution in [2.45, 2.75) is 19.4 Å². The van der Waals surface area contributed by atoms with E-state index in [1.165, 1.54) is 33.2 Å². The Morgan fingerprint density at radius 1 is 1.50 bits per heavy atom. The molecule has 5 nitrogen and oxygen atoms in total. The van der Waals surface area contributed by atoms with E-state index in [0.29, 0.717) is 0 Å². The highest BCUT2D eigenvalue weighted by molar-refractivity contribution is 6.32. The molecule has 0 saturated heterocycles. The predicted octanol–water partition coefficient (Wildman–Crippen LogP) is 1.87. The van der Waals surface area contributed by atoms with Crippen molar-refractivity contribution in [3.63, 3.8) is 0 Å². The number of hydrogen-bond acceptors (Lipinski definition) is 3. The van der Waals surface area contributed by atoms with Crippen LogP contribution in [0.2, 0.25) is 5.22 Å². The molecule has 0 bridgehead atoms. The quantitative estimate of drug-likeness (QED) is 0.883. The fourth-order valence-electron chi connectivity index (χ4n) is 1.02. The van der Waals surface area contributed by atoms with Gasteiger partial charge in [-0.3, -0.25) is 4.79 Å². The highest BCUT2D eigenvalue weighted by Gasteiger charge is 2.36. The SMILES string of the molecule is CN(C(=O)c1ccoc1Cl)C(C)(C)C(=O)O. The molecule has 1 heterocycles. The minimum atomic E-state index is -1.31. The highest BCUT2D eigenvalue weighted by atomic mass is 35.5. The number of aliphatic carboxylic acids is 1. The Hall–Kier alpha value is -1.49. The standard InChI is InChI=1S/C10H12ClNO4/c1-10(2,9(14)15)12(3)8(13)6-4-5-16-7(6)11/h4-5H,1-3H3,(H,14,15). The summed E-state index contributed by atoms with van der Waals surface area (Å²) in [6.07, 6.45) is 1.27. The second-order valence-corrected chi connectivity index (χ2v) is 4.18. The number of halogens is 1. The van der Waals surface area contributed by atoms with Crippen LogP contribution in [0.1, 0.15) is 24.2 Å². The van der Waals surface area contributed by atoms with Crippen molar-refractivity contribution >= 4 is 23.5 Å². The number of carboxylic acid groups (broad SMARTS) is 1. The summed E-state index contributed by atoms with van der Waals surface area (Å²) in [5.41, 5.74) is -1.16. The molecule has 16 heavy (non-hydrogen) atoms. The fraction of sp³-hybridized carbons (Fsp3) is 0.400. The summed E-state index contributed by atoms with van der Waals surface area (Å²) in [4.78, 5) is 24.0. The molecule has 1 amide bonds. The third kappa shape index (κ3) is 2.04. The van der Waals surface area contributed by atoms with E-state index in [-0.39, 0.29) is 10.8 Å². The number of nitrogens with zero attached hydrogens (tertiary/aromatic N) is 1. The Balaban J connectivity index is 3.00. The molecule has 0 aliphatic heterocycles. The second-order valence-electron chi connectivity index (χ2n) is 3.84. The van der Waals surface area contributed by atoms with E-state index in [2.05, 4.69) is 0 Å². The van der Waals surface area contributed by atoms with Gasteiger partial charge in [0.2, 0.25) is 5.22 Å². The Kier molecular flexibility index (Phi) is 3.28. The van der Waals surface area contributed by atoms with Gasteiger partial charge in [-0.15, -0.1) is 0 Å². The molecule has 0 aromatic carbocycles. The summed E-state index contributed by atoms with van der Waals surface area (Å²) < 4.78 is 4.78. The molecule has 1 rings (SSSR count). The maximum absolute atomic E-state index is 11.9. The van der Waals surface area contributed by atoms with E-state index >= 15 is 0 Å². The second kappa shape index (κ2) is 4.17. The number of carbonyl (C=O) groups is 2. The molecular formula is C10H12ClNO4. The number of amides is 1. The van der Waals surface area contributed by atoms with Crippen molar-refractivity contribution in [2.24, 2.45) is 0 Å². The zero-order chi connectivity index (χ0) is 12.5. The van der Waals surface area contributed by atoms with Gasteiger partial charge in [0, 0.05) is 7.05 Å². The van der Waals surface area contributed by atoms with Crippen LogP contribution in [0.15, 0.2) is 16.7 Å². The summed E-state index contributed by atoms with van der Waals surface area (Å²) in [7, 11) is 1.40. The summed E-state index contributed by atoms with van der Waals surface area (Å²) in [5.74, 6) is -1.59. The zero-order valence-electron chi connectivity index (χ0n) is 9.15. The molecule has 0 aliphatic rings. The number of hydrogen-bond donors (Lipinski definition) is 1. The van der Waals surface area contributed by atoms with Crippen LogP contribution in [0, 0.1) is 0 Å². The van der Waals surface area contributed by atoms with Crippen LogP contribution in [0.3, 0.4) is 0 Å². The third-order valence-electron chi connectivity index (χ3n) is 2.51. The normalized spacial score (nSPS) is 11.2. The van der Waals surface area contributed by atoms with Crippen LogP contribution >= 0.6 is 11.6 Å². The molecule has 0 radical (unpaired) electrons. The maximum Gasteiger partial charge on any atom is 0.329 e. The molecule has 0 spiro atoms. The molecule has 88 valence electrons. The van der Waals surface area contributed by atoms with Gasteiger partial charge in [0.25, 0.3) is 5.91 Å². The van der Waals surface area contributed by atoms with E-state index in [1.807, 2.05) is 0 Å². The lowest BCUT2D eigenvalue weighted by Crippen LogP contribution is -2.50. The maximum atomic E-state index is 11.9. The lowest BCUT2D eigenvalue weighted by atomic mass is 10.0. The Labute approximate surface area is 97.6 Å². The first kappa shape index (κ1) is 12.6. The topological polar surface area (TPSA) is 70.8 Å². The molecule has 0 saturated carbocycles. The molecule has 0 fully saturated rings. The summed E-state index contributed by atoms with van der Waals surface area (Å²) in [5, 5.41) is 8.93. The minimum Gasteiger partial charge on any atom is -0.480 e. The van der Waals surface area contributed by atoms with Gasteiger partial charge in [0.1, 0.15) is 5.54 Å². The first-order valence-electron chi connectivity index (χ1n) is 4.53. The van der Waals surface area contributed by atoms with E-state index in [0.717, 1.165) is 4.90 Å². The van der Waals surface area contributed by atoms with Crippen molar-refractivity contribution in [3.05, 3.63) is 23.1 Å². The Bertz CT molecular complexity index is 424. The molecule has 0 unspecified atom stereocenters. The molecule has 6 heteroatoms. The number of furan rings is 1. The lowest BCUT2D eigenvalue weighted by Gasteiger charge is -2.31. The van der Waals surface area contributed by atoms with Crippen molar-refractivity contribution in [1.82, 2.24) is 4.90 Å². The average molecular weight is 246 g/mol. The number of carbonyl (C=O) groups excluding carboxylic acids is 1. The fourth-order valence-corrected chi connectivity index (χ4v) is 1.22.